The molecule has 0 spiro atoms. The smallest absolute Gasteiger partial charge is 0.266 e. The number of methoxy groups -OCH3 is 3. The Morgan fingerprint density at radius 1 is 0.909 bits per heavy atom. The molecular formula is C24H21N3O5S. The van der Waals surface area contributed by atoms with Gasteiger partial charge >= 0.3 is 0 Å². The van der Waals surface area contributed by atoms with E-state index < -0.39 is 0 Å². The van der Waals surface area contributed by atoms with Gasteiger partial charge in [-0.3, -0.25) is 14.2 Å². The van der Waals surface area contributed by atoms with E-state index in [9.17, 15) is 9.59 Å². The number of nitrogens with zero attached hydrogens (tertiary/aromatic N) is 1. The van der Waals surface area contributed by atoms with Crippen LogP contribution in [0, 0.1) is 4.77 Å². The van der Waals surface area contributed by atoms with Gasteiger partial charge in [0.15, 0.2) is 16.3 Å². The second-order valence-electron chi connectivity index (χ2n) is 7.05. The third-order valence-electron chi connectivity index (χ3n) is 5.13. The van der Waals surface area contributed by atoms with Gasteiger partial charge in [0.25, 0.3) is 11.5 Å². The summed E-state index contributed by atoms with van der Waals surface area (Å²) in [6.45, 7) is 0. The van der Waals surface area contributed by atoms with E-state index in [1.807, 2.05) is 0 Å². The fourth-order valence-corrected chi connectivity index (χ4v) is 3.74. The van der Waals surface area contributed by atoms with E-state index in [4.69, 9.17) is 26.4 Å². The van der Waals surface area contributed by atoms with Gasteiger partial charge in [0, 0.05) is 17.3 Å². The highest BCUT2D eigenvalue weighted by Crippen LogP contribution is 2.30. The van der Waals surface area contributed by atoms with Gasteiger partial charge < -0.3 is 24.5 Å². The van der Waals surface area contributed by atoms with Gasteiger partial charge in [0.1, 0.15) is 5.75 Å². The molecule has 0 aliphatic rings. The Kier molecular flexibility index (Phi) is 6.14. The highest BCUT2D eigenvalue weighted by molar-refractivity contribution is 7.71. The lowest BCUT2D eigenvalue weighted by molar-refractivity contribution is 0.102. The molecule has 0 saturated carbocycles. The second-order valence-corrected chi connectivity index (χ2v) is 7.44. The molecule has 1 heterocycles. The number of nitrogens with one attached hydrogen (secondary N) is 2. The number of amides is 1. The first-order valence-corrected chi connectivity index (χ1v) is 10.3. The normalized spacial score (nSPS) is 10.6. The third-order valence-corrected chi connectivity index (χ3v) is 5.42. The molecule has 1 amide bonds. The largest absolute Gasteiger partial charge is 0.497 e. The van der Waals surface area contributed by atoms with Crippen LogP contribution < -0.4 is 25.1 Å². The van der Waals surface area contributed by atoms with Gasteiger partial charge in [0.2, 0.25) is 0 Å². The van der Waals surface area contributed by atoms with E-state index in [2.05, 4.69) is 10.3 Å². The van der Waals surface area contributed by atoms with E-state index in [1.165, 1.54) is 18.8 Å². The van der Waals surface area contributed by atoms with Crippen LogP contribution in [0.15, 0.2) is 65.5 Å². The molecule has 33 heavy (non-hydrogen) atoms. The molecule has 0 saturated heterocycles. The standard InChI is InChI=1S/C24H21N3O5S/c1-30-17-8-6-16(7-9-17)27-23(29)18-10-4-14(12-19(18)26-24(27)33)22(28)25-15-5-11-20(31-2)21(13-15)32-3/h4-13H,1-3H3,(H,25,28)(H,26,33). The summed E-state index contributed by atoms with van der Waals surface area (Å²) in [5.74, 6) is 1.38. The number of anilines is 1. The van der Waals surface area contributed by atoms with Crippen molar-refractivity contribution in [3.05, 3.63) is 81.4 Å². The summed E-state index contributed by atoms with van der Waals surface area (Å²) in [7, 11) is 4.63. The molecule has 4 aromatic rings. The number of H-pyrrole nitrogens is 1. The molecule has 168 valence electrons. The molecule has 0 atom stereocenters. The van der Waals surface area contributed by atoms with Crippen LogP contribution in [-0.4, -0.2) is 36.8 Å². The Balaban J connectivity index is 1.68. The first-order chi connectivity index (χ1) is 15.9. The summed E-state index contributed by atoms with van der Waals surface area (Å²) < 4.78 is 17.3. The Morgan fingerprint density at radius 3 is 2.30 bits per heavy atom. The van der Waals surface area contributed by atoms with Crippen LogP contribution in [0.3, 0.4) is 0 Å². The molecule has 9 heteroatoms. The minimum absolute atomic E-state index is 0.218. The summed E-state index contributed by atoms with van der Waals surface area (Å²) in [5, 5.41) is 3.22. The lowest BCUT2D eigenvalue weighted by Gasteiger charge is -2.12. The molecule has 8 nitrogen and oxygen atoms in total. The SMILES string of the molecule is COc1ccc(-n2c(=S)[nH]c3cc(C(=O)Nc4ccc(OC)c(OC)c4)ccc3c2=O)cc1. The van der Waals surface area contributed by atoms with Gasteiger partial charge in [-0.25, -0.2) is 0 Å². The minimum Gasteiger partial charge on any atom is -0.497 e. The summed E-state index contributed by atoms with van der Waals surface area (Å²) in [6, 6.07) is 16.9. The minimum atomic E-state index is -0.345. The Hall–Kier alpha value is -4.11. The number of fused-ring (bicyclic) bond motifs is 1. The zero-order valence-electron chi connectivity index (χ0n) is 18.2. The van der Waals surface area contributed by atoms with E-state index in [0.717, 1.165) is 0 Å². The zero-order valence-corrected chi connectivity index (χ0v) is 19.0. The van der Waals surface area contributed by atoms with Crippen LogP contribution in [0.4, 0.5) is 5.69 Å². The van der Waals surface area contributed by atoms with Gasteiger partial charge in [0.05, 0.1) is 37.9 Å². The van der Waals surface area contributed by atoms with Gasteiger partial charge in [-0.2, -0.15) is 0 Å². The van der Waals surface area contributed by atoms with Gasteiger partial charge in [-0.1, -0.05) is 0 Å². The Bertz CT molecular complexity index is 1460. The molecule has 0 aliphatic carbocycles. The van der Waals surface area contributed by atoms with Crippen LogP contribution in [0.2, 0.25) is 0 Å². The fourth-order valence-electron chi connectivity index (χ4n) is 3.44. The van der Waals surface area contributed by atoms with Crippen molar-refractivity contribution in [2.45, 2.75) is 0 Å². The zero-order chi connectivity index (χ0) is 23.5. The van der Waals surface area contributed by atoms with Gasteiger partial charge in [-0.15, -0.1) is 0 Å². The molecule has 0 radical (unpaired) electrons. The maximum atomic E-state index is 13.1. The van der Waals surface area contributed by atoms with Crippen molar-refractivity contribution in [2.75, 3.05) is 26.6 Å². The first kappa shape index (κ1) is 22.1. The van der Waals surface area contributed by atoms with Crippen LogP contribution in [0.5, 0.6) is 17.2 Å². The molecule has 0 aliphatic heterocycles. The molecule has 0 fully saturated rings. The molecule has 0 bridgehead atoms. The number of hydrogen-bond donors (Lipinski definition) is 2. The maximum Gasteiger partial charge on any atom is 0.266 e. The van der Waals surface area contributed by atoms with Crippen molar-refractivity contribution >= 4 is 34.7 Å². The van der Waals surface area contributed by atoms with Gasteiger partial charge in [-0.05, 0) is 66.8 Å². The first-order valence-electron chi connectivity index (χ1n) is 9.92. The van der Waals surface area contributed by atoms with E-state index >= 15 is 0 Å². The van der Waals surface area contributed by atoms with Crippen LogP contribution in [-0.2, 0) is 0 Å². The van der Waals surface area contributed by atoms with E-state index in [-0.39, 0.29) is 16.2 Å². The number of aromatic amines is 1. The van der Waals surface area contributed by atoms with Crippen molar-refractivity contribution in [3.63, 3.8) is 0 Å². The van der Waals surface area contributed by atoms with Crippen molar-refractivity contribution in [1.82, 2.24) is 9.55 Å². The number of carbonyl (C=O) groups excluding carboxylic acids is 1. The molecule has 4 rings (SSSR count). The maximum absolute atomic E-state index is 13.1. The molecule has 1 aromatic heterocycles. The molecule has 2 N–H and O–H groups in total. The number of hydrogen-bond acceptors (Lipinski definition) is 6. The summed E-state index contributed by atoms with van der Waals surface area (Å²) in [5.41, 5.74) is 1.70. The summed E-state index contributed by atoms with van der Waals surface area (Å²) in [4.78, 5) is 29.0. The number of benzene rings is 3. The Morgan fingerprint density at radius 2 is 1.64 bits per heavy atom. The average Bonchev–Trinajstić information content (AvgIpc) is 2.84. The summed E-state index contributed by atoms with van der Waals surface area (Å²) >= 11 is 5.43. The lowest BCUT2D eigenvalue weighted by Crippen LogP contribution is -2.21. The van der Waals surface area contributed by atoms with Crippen molar-refractivity contribution in [2.24, 2.45) is 0 Å². The number of ether oxygens (including phenoxy) is 3. The highest BCUT2D eigenvalue weighted by atomic mass is 32.1. The Labute approximate surface area is 194 Å². The predicted octanol–water partition coefficient (Wildman–Crippen LogP) is 4.33. The fraction of sp³-hybridized carbons (Fsp3) is 0.125. The monoisotopic (exact) mass is 463 g/mol. The highest BCUT2D eigenvalue weighted by Gasteiger charge is 2.13. The number of rotatable bonds is 6. The van der Waals surface area contributed by atoms with Crippen molar-refractivity contribution < 1.29 is 19.0 Å². The van der Waals surface area contributed by atoms with Crippen LogP contribution >= 0.6 is 12.2 Å². The van der Waals surface area contributed by atoms with E-state index in [1.54, 1.807) is 67.8 Å². The number of carbonyl (C=O) groups is 1. The lowest BCUT2D eigenvalue weighted by atomic mass is 10.1. The second kappa shape index (κ2) is 9.17. The number of aromatic nitrogens is 2. The quantitative estimate of drug-likeness (QED) is 0.414. The molecular weight excluding hydrogens is 442 g/mol. The van der Waals surface area contributed by atoms with Crippen molar-refractivity contribution in [1.29, 1.82) is 0 Å². The third kappa shape index (κ3) is 4.31. The van der Waals surface area contributed by atoms with Crippen LogP contribution in [0.25, 0.3) is 16.6 Å². The summed E-state index contributed by atoms with van der Waals surface area (Å²) in [6.07, 6.45) is 0. The topological polar surface area (TPSA) is 94.6 Å². The molecule has 0 unspecified atom stereocenters. The molecule has 3 aromatic carbocycles. The van der Waals surface area contributed by atoms with Crippen LogP contribution in [0.1, 0.15) is 10.4 Å². The average molecular weight is 464 g/mol. The van der Waals surface area contributed by atoms with Crippen molar-refractivity contribution in [3.8, 4) is 22.9 Å². The predicted molar refractivity (Wildman–Crippen MR) is 129 cm³/mol. The van der Waals surface area contributed by atoms with E-state index in [0.29, 0.717) is 45.1 Å².